The lowest BCUT2D eigenvalue weighted by atomic mass is 10.1. The highest BCUT2D eigenvalue weighted by Gasteiger charge is 2.13. The van der Waals surface area contributed by atoms with Crippen LogP contribution in [0.25, 0.3) is 22.2 Å². The molecule has 0 radical (unpaired) electrons. The molecule has 0 bridgehead atoms. The minimum Gasteiger partial charge on any atom is -0.360 e. The molecule has 0 saturated heterocycles. The second kappa shape index (κ2) is 4.10. The van der Waals surface area contributed by atoms with E-state index in [0.717, 1.165) is 27.7 Å². The van der Waals surface area contributed by atoms with Gasteiger partial charge in [-0.05, 0) is 19.9 Å². The van der Waals surface area contributed by atoms with Gasteiger partial charge in [0.15, 0.2) is 0 Å². The summed E-state index contributed by atoms with van der Waals surface area (Å²) in [6, 6.07) is 8.15. The van der Waals surface area contributed by atoms with Gasteiger partial charge in [-0.25, -0.2) is 9.97 Å². The van der Waals surface area contributed by atoms with Crippen molar-refractivity contribution in [2.75, 3.05) is 0 Å². The van der Waals surface area contributed by atoms with E-state index >= 15 is 0 Å². The number of H-pyrrole nitrogens is 1. The van der Waals surface area contributed by atoms with Crippen molar-refractivity contribution < 1.29 is 0 Å². The highest BCUT2D eigenvalue weighted by Crippen LogP contribution is 2.31. The highest BCUT2D eigenvalue weighted by molar-refractivity contribution is 6.30. The van der Waals surface area contributed by atoms with Gasteiger partial charge in [-0.2, -0.15) is 0 Å². The van der Waals surface area contributed by atoms with E-state index in [9.17, 15) is 0 Å². The maximum Gasteiger partial charge on any atom is 0.136 e. The third kappa shape index (κ3) is 1.68. The van der Waals surface area contributed by atoms with E-state index in [2.05, 4.69) is 21.0 Å². The highest BCUT2D eigenvalue weighted by atomic mass is 35.5. The summed E-state index contributed by atoms with van der Waals surface area (Å²) < 4.78 is 0. The van der Waals surface area contributed by atoms with Gasteiger partial charge in [0.25, 0.3) is 0 Å². The lowest BCUT2D eigenvalue weighted by Gasteiger charge is -2.06. The number of hydrogen-bond acceptors (Lipinski definition) is 2. The van der Waals surface area contributed by atoms with Crippen molar-refractivity contribution in [1.29, 1.82) is 0 Å². The number of hydrogen-bond donors (Lipinski definition) is 1. The van der Waals surface area contributed by atoms with Crippen molar-refractivity contribution in [3.8, 4) is 11.3 Å². The molecule has 0 unspecified atom stereocenters. The van der Waals surface area contributed by atoms with E-state index in [1.165, 1.54) is 0 Å². The van der Waals surface area contributed by atoms with Crippen LogP contribution in [0.2, 0.25) is 5.15 Å². The summed E-state index contributed by atoms with van der Waals surface area (Å²) in [6.45, 7) is 3.79. The number of fused-ring (bicyclic) bond motifs is 1. The summed E-state index contributed by atoms with van der Waals surface area (Å²) in [5.74, 6) is 0.686. The maximum absolute atomic E-state index is 6.13. The van der Waals surface area contributed by atoms with E-state index in [4.69, 9.17) is 11.6 Å². The van der Waals surface area contributed by atoms with Gasteiger partial charge in [0.2, 0.25) is 0 Å². The summed E-state index contributed by atoms with van der Waals surface area (Å²) in [7, 11) is 0. The first-order valence-corrected chi connectivity index (χ1v) is 6.12. The van der Waals surface area contributed by atoms with Crippen LogP contribution in [-0.2, 0) is 0 Å². The van der Waals surface area contributed by atoms with Crippen LogP contribution in [0.1, 0.15) is 11.4 Å². The molecule has 1 aromatic carbocycles. The van der Waals surface area contributed by atoms with Gasteiger partial charge in [0.05, 0.1) is 5.69 Å². The number of nitrogens with one attached hydrogen (secondary N) is 1. The molecule has 0 aliphatic carbocycles. The van der Waals surface area contributed by atoms with Gasteiger partial charge in [0, 0.05) is 28.2 Å². The normalized spacial score (nSPS) is 11.1. The quantitative estimate of drug-likeness (QED) is 0.672. The van der Waals surface area contributed by atoms with Crippen LogP contribution < -0.4 is 0 Å². The van der Waals surface area contributed by atoms with E-state index in [0.29, 0.717) is 11.0 Å². The van der Waals surface area contributed by atoms with Crippen LogP contribution in [0, 0.1) is 13.8 Å². The van der Waals surface area contributed by atoms with Gasteiger partial charge >= 0.3 is 0 Å². The molecule has 18 heavy (non-hydrogen) atoms. The molecule has 1 N–H and O–H groups in total. The van der Waals surface area contributed by atoms with Crippen molar-refractivity contribution in [2.45, 2.75) is 13.8 Å². The Hall–Kier alpha value is -1.87. The molecule has 2 heterocycles. The molecule has 0 amide bonds. The molecule has 2 aromatic heterocycles. The molecule has 0 atom stereocenters. The Balaban J connectivity index is 2.33. The van der Waals surface area contributed by atoms with Crippen molar-refractivity contribution in [2.24, 2.45) is 0 Å². The number of rotatable bonds is 1. The van der Waals surface area contributed by atoms with Crippen molar-refractivity contribution in [3.05, 3.63) is 47.0 Å². The zero-order chi connectivity index (χ0) is 12.7. The summed E-state index contributed by atoms with van der Waals surface area (Å²) in [4.78, 5) is 11.9. The average Bonchev–Trinajstić information content (AvgIpc) is 2.77. The maximum atomic E-state index is 6.13. The monoisotopic (exact) mass is 257 g/mol. The summed E-state index contributed by atoms with van der Waals surface area (Å²) in [6.07, 6.45) is 1.97. The number of para-hydroxylation sites is 1. The van der Waals surface area contributed by atoms with Crippen LogP contribution in [0.4, 0.5) is 0 Å². The Labute approximate surface area is 110 Å². The summed E-state index contributed by atoms with van der Waals surface area (Å²) in [5, 5.41) is 1.66. The van der Waals surface area contributed by atoms with Crippen molar-refractivity contribution in [3.63, 3.8) is 0 Å². The number of nitrogens with zero attached hydrogens (tertiary/aromatic N) is 2. The number of halogens is 1. The smallest absolute Gasteiger partial charge is 0.136 e. The number of aromatic nitrogens is 3. The zero-order valence-corrected chi connectivity index (χ0v) is 10.9. The third-order valence-corrected chi connectivity index (χ3v) is 3.41. The molecule has 90 valence electrons. The molecule has 3 nitrogen and oxygen atoms in total. The lowest BCUT2D eigenvalue weighted by molar-refractivity contribution is 1.04. The van der Waals surface area contributed by atoms with Gasteiger partial charge in [-0.1, -0.05) is 29.8 Å². The van der Waals surface area contributed by atoms with Crippen molar-refractivity contribution in [1.82, 2.24) is 15.0 Å². The Bertz CT molecular complexity index is 731. The second-order valence-electron chi connectivity index (χ2n) is 4.28. The molecule has 0 fully saturated rings. The Morgan fingerprint density at radius 3 is 2.72 bits per heavy atom. The van der Waals surface area contributed by atoms with Gasteiger partial charge in [-0.3, -0.25) is 0 Å². The van der Waals surface area contributed by atoms with Crippen LogP contribution in [0.3, 0.4) is 0 Å². The molecular weight excluding hydrogens is 246 g/mol. The molecule has 0 saturated carbocycles. The topological polar surface area (TPSA) is 41.6 Å². The van der Waals surface area contributed by atoms with Crippen LogP contribution in [-0.4, -0.2) is 15.0 Å². The van der Waals surface area contributed by atoms with E-state index in [-0.39, 0.29) is 0 Å². The van der Waals surface area contributed by atoms with E-state index in [1.807, 2.05) is 38.2 Å². The zero-order valence-electron chi connectivity index (χ0n) is 10.2. The fourth-order valence-electron chi connectivity index (χ4n) is 2.12. The fourth-order valence-corrected chi connectivity index (χ4v) is 2.34. The van der Waals surface area contributed by atoms with Crippen LogP contribution in [0.15, 0.2) is 30.5 Å². The predicted molar refractivity (Wildman–Crippen MR) is 73.8 cm³/mol. The minimum absolute atomic E-state index is 0.516. The van der Waals surface area contributed by atoms with Crippen molar-refractivity contribution >= 4 is 22.5 Å². The number of aryl methyl sites for hydroxylation is 1. The Kier molecular flexibility index (Phi) is 2.56. The third-order valence-electron chi connectivity index (χ3n) is 3.04. The molecule has 0 aliphatic rings. The molecule has 0 aliphatic heterocycles. The Morgan fingerprint density at radius 1 is 1.11 bits per heavy atom. The Morgan fingerprint density at radius 2 is 1.89 bits per heavy atom. The molecule has 0 spiro atoms. The molecular formula is C14H12ClN3. The first kappa shape index (κ1) is 11.2. The molecule has 3 rings (SSSR count). The van der Waals surface area contributed by atoms with Gasteiger partial charge in [-0.15, -0.1) is 0 Å². The molecule has 4 heteroatoms. The molecule has 3 aromatic rings. The lowest BCUT2D eigenvalue weighted by Crippen LogP contribution is -1.96. The summed E-state index contributed by atoms with van der Waals surface area (Å²) in [5.41, 5.74) is 3.96. The minimum atomic E-state index is 0.516. The van der Waals surface area contributed by atoms with E-state index in [1.54, 1.807) is 0 Å². The standard InChI is InChI=1S/C14H12ClN3/c1-8-13(17-9(2)18-14(8)15)11-7-16-12-6-4-3-5-10(11)12/h3-7,16H,1-2H3. The average molecular weight is 258 g/mol. The van der Waals surface area contributed by atoms with Gasteiger partial charge < -0.3 is 4.98 Å². The second-order valence-corrected chi connectivity index (χ2v) is 4.64. The summed E-state index contributed by atoms with van der Waals surface area (Å²) >= 11 is 6.13. The first-order valence-electron chi connectivity index (χ1n) is 5.74. The first-order chi connectivity index (χ1) is 8.66. The number of aromatic amines is 1. The SMILES string of the molecule is Cc1nc(Cl)c(C)c(-c2c[nH]c3ccccc23)n1. The van der Waals surface area contributed by atoms with E-state index < -0.39 is 0 Å². The fraction of sp³-hybridized carbons (Fsp3) is 0.143. The van der Waals surface area contributed by atoms with Crippen LogP contribution >= 0.6 is 11.6 Å². The predicted octanol–water partition coefficient (Wildman–Crippen LogP) is 3.90. The largest absolute Gasteiger partial charge is 0.360 e. The van der Waals surface area contributed by atoms with Gasteiger partial charge in [0.1, 0.15) is 11.0 Å². The number of benzene rings is 1. The van der Waals surface area contributed by atoms with Crippen LogP contribution in [0.5, 0.6) is 0 Å².